The van der Waals surface area contributed by atoms with Crippen molar-refractivity contribution >= 4 is 17.6 Å². The lowest BCUT2D eigenvalue weighted by molar-refractivity contribution is -0.119. The molecule has 0 aromatic carbocycles. The van der Waals surface area contributed by atoms with E-state index in [1.165, 1.54) is 6.20 Å². The van der Waals surface area contributed by atoms with Crippen LogP contribution in [0.2, 0.25) is 0 Å². The van der Waals surface area contributed by atoms with Crippen LogP contribution < -0.4 is 4.90 Å². The summed E-state index contributed by atoms with van der Waals surface area (Å²) in [5.41, 5.74) is 3.05. The van der Waals surface area contributed by atoms with E-state index in [1.807, 2.05) is 23.6 Å². The molecule has 0 unspecified atom stereocenters. The number of hydrogen-bond acceptors (Lipinski definition) is 6. The summed E-state index contributed by atoms with van der Waals surface area (Å²) in [5, 5.41) is 0. The Bertz CT molecular complexity index is 988. The van der Waals surface area contributed by atoms with Crippen LogP contribution in [-0.4, -0.2) is 49.7 Å². The minimum Gasteiger partial charge on any atom is -0.327 e. The zero-order valence-electron chi connectivity index (χ0n) is 18.8. The van der Waals surface area contributed by atoms with E-state index in [-0.39, 0.29) is 17.9 Å². The number of carbonyl (C=O) groups is 2. The van der Waals surface area contributed by atoms with Crippen molar-refractivity contribution in [1.82, 2.24) is 24.8 Å². The van der Waals surface area contributed by atoms with E-state index in [1.54, 1.807) is 6.20 Å². The average Bonchev–Trinajstić information content (AvgIpc) is 2.75. The third kappa shape index (κ3) is 4.29. The van der Waals surface area contributed by atoms with Gasteiger partial charge in [0, 0.05) is 37.0 Å². The number of aromatic nitrogens is 4. The van der Waals surface area contributed by atoms with Gasteiger partial charge in [-0.05, 0) is 45.4 Å². The molecule has 2 aliphatic rings. The highest BCUT2D eigenvalue weighted by Gasteiger charge is 2.34. The van der Waals surface area contributed by atoms with Crippen LogP contribution in [0.3, 0.4) is 0 Å². The summed E-state index contributed by atoms with van der Waals surface area (Å²) in [6, 6.07) is -0.230. The smallest absolute Gasteiger partial charge is 0.274 e. The molecular weight excluding hydrogens is 392 g/mol. The van der Waals surface area contributed by atoms with Crippen LogP contribution in [0.15, 0.2) is 12.4 Å². The number of carbonyl (C=O) groups excluding carboxylic acids is 2. The van der Waals surface area contributed by atoms with Gasteiger partial charge in [-0.15, -0.1) is 0 Å². The van der Waals surface area contributed by atoms with Gasteiger partial charge in [-0.3, -0.25) is 19.5 Å². The van der Waals surface area contributed by atoms with Crippen LogP contribution >= 0.6 is 0 Å². The number of likely N-dealkylation sites (tertiary alicyclic amines) is 1. The average molecular weight is 423 g/mol. The normalized spacial score (nSPS) is 19.0. The quantitative estimate of drug-likeness (QED) is 0.751. The second-order valence-corrected chi connectivity index (χ2v) is 8.92. The second kappa shape index (κ2) is 8.69. The van der Waals surface area contributed by atoms with Gasteiger partial charge in [-0.2, -0.15) is 0 Å². The fraction of sp³-hybridized carbons (Fsp3) is 0.565. The van der Waals surface area contributed by atoms with Gasteiger partial charge in [-0.25, -0.2) is 15.0 Å². The highest BCUT2D eigenvalue weighted by Crippen LogP contribution is 2.34. The van der Waals surface area contributed by atoms with E-state index in [2.05, 4.69) is 23.8 Å². The molecule has 1 atom stereocenters. The molecule has 4 heterocycles. The minimum absolute atomic E-state index is 0.108. The topological polar surface area (TPSA) is 92.2 Å². The largest absolute Gasteiger partial charge is 0.327 e. The van der Waals surface area contributed by atoms with Gasteiger partial charge in [0.15, 0.2) is 5.82 Å². The third-order valence-electron chi connectivity index (χ3n) is 5.96. The molecular formula is C23H30N6O2. The Morgan fingerprint density at radius 1 is 1.13 bits per heavy atom. The molecule has 31 heavy (non-hydrogen) atoms. The molecule has 2 amide bonds. The van der Waals surface area contributed by atoms with Crippen LogP contribution in [0, 0.1) is 19.8 Å². The Kier molecular flexibility index (Phi) is 5.98. The summed E-state index contributed by atoms with van der Waals surface area (Å²) >= 11 is 0. The number of fused-ring (bicyclic) bond motifs is 1. The van der Waals surface area contributed by atoms with E-state index in [0.717, 1.165) is 42.0 Å². The van der Waals surface area contributed by atoms with E-state index in [0.29, 0.717) is 43.4 Å². The second-order valence-electron chi connectivity index (χ2n) is 8.92. The van der Waals surface area contributed by atoms with E-state index >= 15 is 0 Å². The fourth-order valence-electron chi connectivity index (χ4n) is 4.40. The molecule has 2 aromatic heterocycles. The standard InChI is InChI=1S/C23H30N6O2/c1-14(2)13-29-20(30)9-8-17-16(4)26-21(27-22(17)29)19-7-5-6-10-28(19)23(31)18-12-24-15(3)11-25-18/h11-12,14,19H,5-10,13H2,1-4H3/t19-/m0/s1. The molecule has 1 saturated heterocycles. The molecule has 8 nitrogen and oxygen atoms in total. The van der Waals surface area contributed by atoms with Crippen LogP contribution in [0.1, 0.15) is 78.8 Å². The number of anilines is 1. The van der Waals surface area contributed by atoms with Crippen LogP contribution in [0.5, 0.6) is 0 Å². The van der Waals surface area contributed by atoms with Gasteiger partial charge in [-0.1, -0.05) is 13.8 Å². The maximum atomic E-state index is 13.2. The van der Waals surface area contributed by atoms with E-state index in [9.17, 15) is 9.59 Å². The molecule has 1 fully saturated rings. The zero-order chi connectivity index (χ0) is 22.1. The Labute approximate surface area is 183 Å². The fourth-order valence-corrected chi connectivity index (χ4v) is 4.40. The van der Waals surface area contributed by atoms with Gasteiger partial charge in [0.25, 0.3) is 5.91 Å². The van der Waals surface area contributed by atoms with Crippen LogP contribution in [0.4, 0.5) is 5.82 Å². The molecule has 0 N–H and O–H groups in total. The van der Waals surface area contributed by atoms with Crippen molar-refractivity contribution in [2.75, 3.05) is 18.0 Å². The molecule has 0 aliphatic carbocycles. The summed E-state index contributed by atoms with van der Waals surface area (Å²) in [7, 11) is 0. The predicted molar refractivity (Wildman–Crippen MR) is 117 cm³/mol. The first-order valence-electron chi connectivity index (χ1n) is 11.1. The van der Waals surface area contributed by atoms with E-state index < -0.39 is 0 Å². The summed E-state index contributed by atoms with van der Waals surface area (Å²) in [6.07, 6.45) is 7.03. The Balaban J connectivity index is 1.71. The lowest BCUT2D eigenvalue weighted by Crippen LogP contribution is -2.42. The van der Waals surface area contributed by atoms with Gasteiger partial charge in [0.2, 0.25) is 5.91 Å². The van der Waals surface area contributed by atoms with Crippen molar-refractivity contribution in [2.45, 2.75) is 65.8 Å². The van der Waals surface area contributed by atoms with Crippen molar-refractivity contribution in [2.24, 2.45) is 5.92 Å². The highest BCUT2D eigenvalue weighted by molar-refractivity contribution is 5.95. The summed E-state index contributed by atoms with van der Waals surface area (Å²) in [6.45, 7) is 9.29. The first kappa shape index (κ1) is 21.3. The molecule has 0 spiro atoms. The Hall–Kier alpha value is -2.90. The molecule has 4 rings (SSSR count). The van der Waals surface area contributed by atoms with E-state index in [4.69, 9.17) is 9.97 Å². The Morgan fingerprint density at radius 3 is 2.65 bits per heavy atom. The van der Waals surface area contributed by atoms with Crippen molar-refractivity contribution in [3.8, 4) is 0 Å². The van der Waals surface area contributed by atoms with Crippen LogP contribution in [-0.2, 0) is 11.2 Å². The maximum Gasteiger partial charge on any atom is 0.274 e. The molecule has 0 bridgehead atoms. The molecule has 0 radical (unpaired) electrons. The first-order chi connectivity index (χ1) is 14.8. The Morgan fingerprint density at radius 2 is 1.94 bits per heavy atom. The SMILES string of the molecule is Cc1cnc(C(=O)N2CCCC[C@H]2c2nc(C)c3c(n2)N(CC(C)C)C(=O)CC3)cn1. The molecule has 2 aromatic rings. The lowest BCUT2D eigenvalue weighted by Gasteiger charge is -2.36. The summed E-state index contributed by atoms with van der Waals surface area (Å²) in [4.78, 5) is 47.7. The number of hydrogen-bond donors (Lipinski definition) is 0. The number of amides is 2. The minimum atomic E-state index is -0.230. The van der Waals surface area contributed by atoms with Crippen molar-refractivity contribution in [1.29, 1.82) is 0 Å². The number of nitrogens with zero attached hydrogens (tertiary/aromatic N) is 6. The summed E-state index contributed by atoms with van der Waals surface area (Å²) in [5.74, 6) is 1.64. The molecule has 164 valence electrons. The van der Waals surface area contributed by atoms with Crippen molar-refractivity contribution in [3.05, 3.63) is 40.9 Å². The number of piperidine rings is 1. The van der Waals surface area contributed by atoms with Crippen LogP contribution in [0.25, 0.3) is 0 Å². The van der Waals surface area contributed by atoms with Gasteiger partial charge in [0.05, 0.1) is 17.9 Å². The van der Waals surface area contributed by atoms with Crippen molar-refractivity contribution in [3.63, 3.8) is 0 Å². The van der Waals surface area contributed by atoms with Crippen molar-refractivity contribution < 1.29 is 9.59 Å². The zero-order valence-corrected chi connectivity index (χ0v) is 18.8. The lowest BCUT2D eigenvalue weighted by atomic mass is 9.98. The van der Waals surface area contributed by atoms with Gasteiger partial charge < -0.3 is 4.90 Å². The molecule has 2 aliphatic heterocycles. The number of aryl methyl sites for hydroxylation is 2. The maximum absolute atomic E-state index is 13.2. The monoisotopic (exact) mass is 422 g/mol. The predicted octanol–water partition coefficient (Wildman–Crippen LogP) is 3.19. The van der Waals surface area contributed by atoms with Gasteiger partial charge in [0.1, 0.15) is 11.5 Å². The first-order valence-corrected chi connectivity index (χ1v) is 11.1. The number of rotatable bonds is 4. The summed E-state index contributed by atoms with van der Waals surface area (Å²) < 4.78 is 0. The third-order valence-corrected chi connectivity index (χ3v) is 5.96. The highest BCUT2D eigenvalue weighted by atomic mass is 16.2. The molecule has 0 saturated carbocycles. The molecule has 8 heteroatoms. The van der Waals surface area contributed by atoms with Gasteiger partial charge >= 0.3 is 0 Å².